The Morgan fingerprint density at radius 1 is 0.806 bits per heavy atom. The Bertz CT molecular complexity index is 1270. The fourth-order valence-corrected chi connectivity index (χ4v) is 4.62. The van der Waals surface area contributed by atoms with E-state index < -0.39 is 0 Å². The molecule has 0 unspecified atom stereocenters. The van der Waals surface area contributed by atoms with Crippen molar-refractivity contribution < 1.29 is 4.74 Å². The van der Waals surface area contributed by atoms with Crippen molar-refractivity contribution in [2.45, 2.75) is 33.1 Å². The number of hydrogen-bond donors (Lipinski definition) is 1. The molecule has 1 aliphatic rings. The first-order chi connectivity index (χ1) is 15.1. The number of ether oxygens (including phenoxy) is 1. The molecule has 0 amide bonds. The minimum atomic E-state index is 0.726. The average Bonchev–Trinajstić information content (AvgIpc) is 3.16. The fourth-order valence-electron chi connectivity index (χ4n) is 4.62. The highest BCUT2D eigenvalue weighted by Crippen LogP contribution is 2.42. The molecule has 31 heavy (non-hydrogen) atoms. The van der Waals surface area contributed by atoms with Crippen LogP contribution in [-0.4, -0.2) is 0 Å². The second-order valence-electron chi connectivity index (χ2n) is 8.37. The van der Waals surface area contributed by atoms with E-state index in [4.69, 9.17) is 10.5 Å². The first-order valence-corrected chi connectivity index (χ1v) is 11.0. The molecule has 0 saturated carbocycles. The molecule has 0 heterocycles. The van der Waals surface area contributed by atoms with Crippen molar-refractivity contribution in [2.75, 3.05) is 5.73 Å². The van der Waals surface area contributed by atoms with Crippen LogP contribution in [0.2, 0.25) is 0 Å². The number of fused-ring (bicyclic) bond motifs is 3. The van der Waals surface area contributed by atoms with Gasteiger partial charge in [0.1, 0.15) is 11.5 Å². The molecule has 0 atom stereocenters. The summed E-state index contributed by atoms with van der Waals surface area (Å²) in [6, 6.07) is 27.8. The lowest BCUT2D eigenvalue weighted by atomic mass is 9.94. The van der Waals surface area contributed by atoms with Crippen LogP contribution in [0.25, 0.3) is 22.3 Å². The molecule has 2 N–H and O–H groups in total. The maximum Gasteiger partial charge on any atom is 0.132 e. The van der Waals surface area contributed by atoms with Crippen molar-refractivity contribution in [3.8, 4) is 33.8 Å². The van der Waals surface area contributed by atoms with Gasteiger partial charge in [0, 0.05) is 11.8 Å². The SMILES string of the molecule is CCCc1ccc(N)cc1Oc1ccc(-c2cccc3c2Cc2ccccc2-3)cc1C. The molecule has 0 radical (unpaired) electrons. The monoisotopic (exact) mass is 405 g/mol. The van der Waals surface area contributed by atoms with E-state index >= 15 is 0 Å². The number of aryl methyl sites for hydroxylation is 2. The summed E-state index contributed by atoms with van der Waals surface area (Å²) in [5.41, 5.74) is 17.1. The molecule has 4 aromatic rings. The van der Waals surface area contributed by atoms with Crippen LogP contribution in [0.5, 0.6) is 11.5 Å². The van der Waals surface area contributed by atoms with Crippen molar-refractivity contribution in [3.05, 3.63) is 101 Å². The van der Waals surface area contributed by atoms with Crippen molar-refractivity contribution >= 4 is 5.69 Å². The molecule has 1 aliphatic carbocycles. The van der Waals surface area contributed by atoms with Crippen LogP contribution in [0.4, 0.5) is 5.69 Å². The standard InChI is InChI=1S/C29H27NO/c1-3-7-20-12-14-23(30)18-29(20)31-28-15-13-22(16-19(28)2)25-10-6-11-26-24-9-5-4-8-21(24)17-27(25)26/h4-6,8-16,18H,3,7,17,30H2,1-2H3. The highest BCUT2D eigenvalue weighted by molar-refractivity contribution is 5.85. The second kappa shape index (κ2) is 7.96. The number of nitrogens with two attached hydrogens (primary N) is 1. The molecule has 0 aliphatic heterocycles. The van der Waals surface area contributed by atoms with E-state index in [1.54, 1.807) is 0 Å². The van der Waals surface area contributed by atoms with Crippen molar-refractivity contribution in [1.29, 1.82) is 0 Å². The van der Waals surface area contributed by atoms with Crippen LogP contribution >= 0.6 is 0 Å². The zero-order valence-electron chi connectivity index (χ0n) is 18.1. The molecule has 5 rings (SSSR count). The molecule has 4 aromatic carbocycles. The number of nitrogen functional groups attached to an aromatic ring is 1. The highest BCUT2D eigenvalue weighted by Gasteiger charge is 2.21. The van der Waals surface area contributed by atoms with Gasteiger partial charge in [0.05, 0.1) is 0 Å². The summed E-state index contributed by atoms with van der Waals surface area (Å²) < 4.78 is 6.33. The van der Waals surface area contributed by atoms with E-state index in [-0.39, 0.29) is 0 Å². The van der Waals surface area contributed by atoms with E-state index in [0.717, 1.165) is 42.0 Å². The lowest BCUT2D eigenvalue weighted by molar-refractivity contribution is 0.472. The van der Waals surface area contributed by atoms with Gasteiger partial charge in [-0.1, -0.05) is 67.9 Å². The van der Waals surface area contributed by atoms with Gasteiger partial charge in [-0.3, -0.25) is 0 Å². The molecule has 0 aromatic heterocycles. The number of anilines is 1. The summed E-state index contributed by atoms with van der Waals surface area (Å²) in [6.45, 7) is 4.29. The zero-order valence-corrected chi connectivity index (χ0v) is 18.1. The Morgan fingerprint density at radius 2 is 1.61 bits per heavy atom. The topological polar surface area (TPSA) is 35.2 Å². The highest BCUT2D eigenvalue weighted by atomic mass is 16.5. The second-order valence-corrected chi connectivity index (χ2v) is 8.37. The Morgan fingerprint density at radius 3 is 2.45 bits per heavy atom. The molecular weight excluding hydrogens is 378 g/mol. The number of benzene rings is 4. The number of hydrogen-bond acceptors (Lipinski definition) is 2. The predicted octanol–water partition coefficient (Wildman–Crippen LogP) is 7.56. The smallest absolute Gasteiger partial charge is 0.132 e. The van der Waals surface area contributed by atoms with Gasteiger partial charge in [0.2, 0.25) is 0 Å². The van der Waals surface area contributed by atoms with E-state index in [1.165, 1.54) is 38.9 Å². The van der Waals surface area contributed by atoms with Gasteiger partial charge in [-0.2, -0.15) is 0 Å². The molecule has 0 saturated heterocycles. The maximum atomic E-state index is 6.33. The summed E-state index contributed by atoms with van der Waals surface area (Å²) in [6.07, 6.45) is 3.03. The zero-order chi connectivity index (χ0) is 21.4. The largest absolute Gasteiger partial charge is 0.457 e. The summed E-state index contributed by atoms with van der Waals surface area (Å²) in [4.78, 5) is 0. The summed E-state index contributed by atoms with van der Waals surface area (Å²) in [5, 5.41) is 0. The average molecular weight is 406 g/mol. The third kappa shape index (κ3) is 3.59. The predicted molar refractivity (Wildman–Crippen MR) is 130 cm³/mol. The van der Waals surface area contributed by atoms with Crippen LogP contribution in [0.3, 0.4) is 0 Å². The minimum absolute atomic E-state index is 0.726. The first-order valence-electron chi connectivity index (χ1n) is 11.0. The van der Waals surface area contributed by atoms with Gasteiger partial charge >= 0.3 is 0 Å². The number of rotatable bonds is 5. The van der Waals surface area contributed by atoms with Gasteiger partial charge < -0.3 is 10.5 Å². The first kappa shape index (κ1) is 19.4. The normalized spacial score (nSPS) is 11.8. The van der Waals surface area contributed by atoms with Crippen LogP contribution in [-0.2, 0) is 12.8 Å². The van der Waals surface area contributed by atoms with Crippen LogP contribution in [0, 0.1) is 6.92 Å². The maximum absolute atomic E-state index is 6.33. The Labute approximate surface area is 184 Å². The Kier molecular flexibility index (Phi) is 4.99. The molecule has 2 heteroatoms. The molecule has 0 fully saturated rings. The summed E-state index contributed by atoms with van der Waals surface area (Å²) in [7, 11) is 0. The van der Waals surface area contributed by atoms with Crippen molar-refractivity contribution in [2.24, 2.45) is 0 Å². The quantitative estimate of drug-likeness (QED) is 0.306. The summed E-state index contributed by atoms with van der Waals surface area (Å²) >= 11 is 0. The molecular formula is C29H27NO. The van der Waals surface area contributed by atoms with E-state index in [9.17, 15) is 0 Å². The Hall–Kier alpha value is -3.52. The molecule has 154 valence electrons. The fraction of sp³-hybridized carbons (Fsp3) is 0.172. The van der Waals surface area contributed by atoms with Crippen LogP contribution in [0.1, 0.15) is 35.6 Å². The molecule has 2 nitrogen and oxygen atoms in total. The van der Waals surface area contributed by atoms with E-state index in [0.29, 0.717) is 0 Å². The van der Waals surface area contributed by atoms with E-state index in [2.05, 4.69) is 80.6 Å². The van der Waals surface area contributed by atoms with Crippen molar-refractivity contribution in [3.63, 3.8) is 0 Å². The van der Waals surface area contributed by atoms with Crippen LogP contribution < -0.4 is 10.5 Å². The van der Waals surface area contributed by atoms with Gasteiger partial charge in [-0.05, 0) is 82.5 Å². The van der Waals surface area contributed by atoms with Gasteiger partial charge in [0.15, 0.2) is 0 Å². The minimum Gasteiger partial charge on any atom is -0.457 e. The molecule has 0 spiro atoms. The third-order valence-corrected chi connectivity index (χ3v) is 6.17. The lowest BCUT2D eigenvalue weighted by Gasteiger charge is -2.15. The lowest BCUT2D eigenvalue weighted by Crippen LogP contribution is -1.96. The summed E-state index contributed by atoms with van der Waals surface area (Å²) in [5.74, 6) is 1.73. The van der Waals surface area contributed by atoms with Gasteiger partial charge in [-0.15, -0.1) is 0 Å². The van der Waals surface area contributed by atoms with Crippen molar-refractivity contribution in [1.82, 2.24) is 0 Å². The third-order valence-electron chi connectivity index (χ3n) is 6.17. The van der Waals surface area contributed by atoms with E-state index in [1.807, 2.05) is 12.1 Å². The van der Waals surface area contributed by atoms with Crippen LogP contribution in [0.15, 0.2) is 78.9 Å². The van der Waals surface area contributed by atoms with Gasteiger partial charge in [-0.25, -0.2) is 0 Å². The molecule has 0 bridgehead atoms. The van der Waals surface area contributed by atoms with Gasteiger partial charge in [0.25, 0.3) is 0 Å². The Balaban J connectivity index is 1.49.